The number of halogens is 1. The number of carbonyl (C=O) groups excluding carboxylic acids is 1. The smallest absolute Gasteiger partial charge is 0.297 e. The van der Waals surface area contributed by atoms with Crippen LogP contribution in [-0.4, -0.2) is 20.4 Å². The van der Waals surface area contributed by atoms with Crippen LogP contribution in [0.25, 0.3) is 22.1 Å². The summed E-state index contributed by atoms with van der Waals surface area (Å²) in [7, 11) is 0. The molecular formula is C24H19ClN4O3S. The van der Waals surface area contributed by atoms with E-state index in [1.54, 1.807) is 0 Å². The van der Waals surface area contributed by atoms with Gasteiger partial charge in [0.15, 0.2) is 5.13 Å². The Morgan fingerprint density at radius 1 is 1.24 bits per heavy atom. The van der Waals surface area contributed by atoms with Gasteiger partial charge in [-0.25, -0.2) is 9.97 Å². The number of para-hydroxylation sites is 1. The molecule has 5 rings (SSSR count). The molecule has 0 aliphatic carbocycles. The monoisotopic (exact) mass is 478 g/mol. The van der Waals surface area contributed by atoms with Gasteiger partial charge in [-0.2, -0.15) is 0 Å². The Kier molecular flexibility index (Phi) is 5.26. The molecule has 33 heavy (non-hydrogen) atoms. The predicted octanol–water partition coefficient (Wildman–Crippen LogP) is 5.60. The van der Waals surface area contributed by atoms with Crippen LogP contribution in [0.1, 0.15) is 23.7 Å². The van der Waals surface area contributed by atoms with E-state index in [9.17, 15) is 9.59 Å². The fourth-order valence-corrected chi connectivity index (χ4v) is 5.22. The quantitative estimate of drug-likeness (QED) is 0.335. The average molecular weight is 479 g/mol. The summed E-state index contributed by atoms with van der Waals surface area (Å²) in [6.07, 6.45) is 1.50. The van der Waals surface area contributed by atoms with Crippen LogP contribution in [0.5, 0.6) is 0 Å². The van der Waals surface area contributed by atoms with Crippen molar-refractivity contribution in [2.75, 3.05) is 4.90 Å². The first kappa shape index (κ1) is 21.4. The van der Waals surface area contributed by atoms with Crippen LogP contribution in [0.15, 0.2) is 57.3 Å². The van der Waals surface area contributed by atoms with E-state index < -0.39 is 0 Å². The van der Waals surface area contributed by atoms with Crippen molar-refractivity contribution in [1.82, 2.24) is 14.5 Å². The summed E-state index contributed by atoms with van der Waals surface area (Å²) >= 11 is 7.80. The van der Waals surface area contributed by atoms with Gasteiger partial charge >= 0.3 is 0 Å². The third-order valence-electron chi connectivity index (χ3n) is 5.35. The fraction of sp³-hybridized carbons (Fsp3) is 0.167. The minimum atomic E-state index is -0.286. The Labute approximate surface area is 197 Å². The number of fused-ring (bicyclic) bond motifs is 3. The van der Waals surface area contributed by atoms with Crippen molar-refractivity contribution < 1.29 is 9.21 Å². The molecular weight excluding hydrogens is 460 g/mol. The number of hydrogen-bond acceptors (Lipinski definition) is 6. The molecule has 0 bridgehead atoms. The van der Waals surface area contributed by atoms with Gasteiger partial charge < -0.3 is 4.42 Å². The molecule has 166 valence electrons. The van der Waals surface area contributed by atoms with Gasteiger partial charge in [0.2, 0.25) is 11.5 Å². The van der Waals surface area contributed by atoms with Gasteiger partial charge in [-0.15, -0.1) is 11.3 Å². The van der Waals surface area contributed by atoms with Crippen molar-refractivity contribution in [3.8, 4) is 0 Å². The minimum absolute atomic E-state index is 0.196. The molecule has 9 heteroatoms. The zero-order chi connectivity index (χ0) is 23.3. The fourth-order valence-electron chi connectivity index (χ4n) is 3.95. The first-order chi connectivity index (χ1) is 15.8. The maximum Gasteiger partial charge on any atom is 0.297 e. The van der Waals surface area contributed by atoms with Crippen molar-refractivity contribution in [3.05, 3.63) is 80.3 Å². The van der Waals surface area contributed by atoms with E-state index in [1.807, 2.05) is 55.6 Å². The van der Waals surface area contributed by atoms with E-state index in [0.717, 1.165) is 16.5 Å². The van der Waals surface area contributed by atoms with Crippen molar-refractivity contribution in [2.45, 2.75) is 27.3 Å². The Balaban J connectivity index is 1.51. The highest BCUT2D eigenvalue weighted by Gasteiger charge is 2.23. The average Bonchev–Trinajstić information content (AvgIpc) is 3.37. The van der Waals surface area contributed by atoms with E-state index in [1.165, 1.54) is 34.1 Å². The van der Waals surface area contributed by atoms with Crippen LogP contribution >= 0.6 is 22.9 Å². The van der Waals surface area contributed by atoms with Gasteiger partial charge in [0.25, 0.3) is 5.56 Å². The predicted molar refractivity (Wildman–Crippen MR) is 131 cm³/mol. The van der Waals surface area contributed by atoms with E-state index in [4.69, 9.17) is 16.0 Å². The lowest BCUT2D eigenvalue weighted by Gasteiger charge is -2.22. The molecule has 0 saturated carbocycles. The van der Waals surface area contributed by atoms with Gasteiger partial charge in [-0.3, -0.25) is 19.1 Å². The van der Waals surface area contributed by atoms with Crippen molar-refractivity contribution in [1.29, 1.82) is 0 Å². The van der Waals surface area contributed by atoms with E-state index >= 15 is 0 Å². The zero-order valence-electron chi connectivity index (χ0n) is 18.1. The van der Waals surface area contributed by atoms with E-state index in [0.29, 0.717) is 32.6 Å². The van der Waals surface area contributed by atoms with Crippen molar-refractivity contribution >= 4 is 61.7 Å². The number of hydrogen-bond donors (Lipinski definition) is 0. The van der Waals surface area contributed by atoms with Gasteiger partial charge in [-0.1, -0.05) is 29.8 Å². The zero-order valence-corrected chi connectivity index (χ0v) is 19.7. The number of aromatic nitrogens is 3. The third kappa shape index (κ3) is 3.71. The summed E-state index contributed by atoms with van der Waals surface area (Å²) in [6.45, 7) is 5.53. The van der Waals surface area contributed by atoms with Gasteiger partial charge in [0.1, 0.15) is 11.1 Å². The van der Waals surface area contributed by atoms with E-state index in [2.05, 4.69) is 9.97 Å². The lowest BCUT2D eigenvalue weighted by Crippen LogP contribution is -2.24. The maximum absolute atomic E-state index is 13.0. The van der Waals surface area contributed by atoms with Crippen LogP contribution < -0.4 is 10.5 Å². The highest BCUT2D eigenvalue weighted by Crippen LogP contribution is 2.37. The third-order valence-corrected chi connectivity index (χ3v) is 6.51. The molecule has 0 saturated heterocycles. The number of nitrogens with zero attached hydrogens (tertiary/aromatic N) is 4. The number of rotatable bonds is 4. The summed E-state index contributed by atoms with van der Waals surface area (Å²) in [5.41, 5.74) is 4.21. The second kappa shape index (κ2) is 8.13. The molecule has 1 amide bonds. The molecule has 0 fully saturated rings. The molecule has 0 radical (unpaired) electrons. The first-order valence-electron chi connectivity index (χ1n) is 10.2. The lowest BCUT2D eigenvalue weighted by atomic mass is 10.1. The lowest BCUT2D eigenvalue weighted by molar-refractivity contribution is -0.115. The largest absolute Gasteiger partial charge is 0.448 e. The second-order valence-corrected chi connectivity index (χ2v) is 9.09. The molecule has 0 atom stereocenters. The SMILES string of the molecule is CC(=O)N(c1nc(Cn2cnc3c(oc4ccccc43)c2=O)cs1)c1c(C)cc(C)cc1Cl. The molecule has 0 aliphatic rings. The number of benzene rings is 2. The molecule has 7 nitrogen and oxygen atoms in total. The highest BCUT2D eigenvalue weighted by atomic mass is 35.5. The molecule has 3 heterocycles. The summed E-state index contributed by atoms with van der Waals surface area (Å²) in [4.78, 5) is 36.1. The van der Waals surface area contributed by atoms with Crippen molar-refractivity contribution in [2.24, 2.45) is 0 Å². The molecule has 0 aliphatic heterocycles. The number of carbonyl (C=O) groups is 1. The Morgan fingerprint density at radius 3 is 2.79 bits per heavy atom. The molecule has 3 aromatic heterocycles. The van der Waals surface area contributed by atoms with Crippen LogP contribution in [0.4, 0.5) is 10.8 Å². The Bertz CT molecular complexity index is 1580. The normalized spacial score (nSPS) is 11.4. The van der Waals surface area contributed by atoms with Crippen molar-refractivity contribution in [3.63, 3.8) is 0 Å². The number of anilines is 2. The number of amides is 1. The molecule has 0 unspecified atom stereocenters. The van der Waals surface area contributed by atoms with Crippen LogP contribution in [0.3, 0.4) is 0 Å². The van der Waals surface area contributed by atoms with E-state index in [-0.39, 0.29) is 23.6 Å². The standard InChI is InChI=1S/C24H19ClN4O3S/c1-13-8-14(2)21(18(25)9-13)29(15(3)30)24-27-16(11-33-24)10-28-12-26-20-17-6-4-5-7-19(17)32-22(20)23(28)31/h4-9,11-12H,10H2,1-3H3. The van der Waals surface area contributed by atoms with Gasteiger partial charge in [0.05, 0.1) is 29.3 Å². The second-order valence-electron chi connectivity index (χ2n) is 7.84. The highest BCUT2D eigenvalue weighted by molar-refractivity contribution is 7.14. The van der Waals surface area contributed by atoms with Crippen LogP contribution in [0.2, 0.25) is 5.02 Å². The first-order valence-corrected chi connectivity index (χ1v) is 11.5. The van der Waals surface area contributed by atoms with Gasteiger partial charge in [-0.05, 0) is 43.2 Å². The summed E-state index contributed by atoms with van der Waals surface area (Å²) in [5.74, 6) is -0.202. The summed E-state index contributed by atoms with van der Waals surface area (Å²) in [6, 6.07) is 11.2. The topological polar surface area (TPSA) is 81.2 Å². The van der Waals surface area contributed by atoms with Gasteiger partial charge in [0, 0.05) is 17.7 Å². The number of thiazole rings is 1. The maximum atomic E-state index is 13.0. The Hall–Kier alpha value is -3.49. The number of aryl methyl sites for hydroxylation is 2. The Morgan fingerprint density at radius 2 is 2.03 bits per heavy atom. The van der Waals surface area contributed by atoms with Crippen LogP contribution in [0, 0.1) is 13.8 Å². The molecule has 5 aromatic rings. The molecule has 2 aromatic carbocycles. The summed E-state index contributed by atoms with van der Waals surface area (Å²) < 4.78 is 7.20. The number of furan rings is 1. The minimum Gasteiger partial charge on any atom is -0.448 e. The summed E-state index contributed by atoms with van der Waals surface area (Å²) in [5, 5.41) is 3.58. The molecule has 0 spiro atoms. The van der Waals surface area contributed by atoms with Crippen LogP contribution in [-0.2, 0) is 11.3 Å². The molecule has 0 N–H and O–H groups in total.